The lowest BCUT2D eigenvalue weighted by Crippen LogP contribution is -2.08. The van der Waals surface area contributed by atoms with Crippen molar-refractivity contribution in [2.24, 2.45) is 0 Å². The topological polar surface area (TPSA) is 39.4 Å². The Kier molecular flexibility index (Phi) is 3.37. The third kappa shape index (κ3) is 2.14. The Hall–Kier alpha value is -1.61. The SMILES string of the molecule is CCCOCC(=O)c1coc2ccccc12. The van der Waals surface area contributed by atoms with Gasteiger partial charge in [-0.3, -0.25) is 4.79 Å². The Bertz CT molecular complexity index is 485. The maximum Gasteiger partial charge on any atom is 0.192 e. The van der Waals surface area contributed by atoms with Crippen LogP contribution >= 0.6 is 0 Å². The maximum atomic E-state index is 11.8. The van der Waals surface area contributed by atoms with Gasteiger partial charge in [-0.1, -0.05) is 25.1 Å². The van der Waals surface area contributed by atoms with Crippen molar-refractivity contribution in [3.05, 3.63) is 36.1 Å². The van der Waals surface area contributed by atoms with Crippen LogP contribution in [0.4, 0.5) is 0 Å². The normalized spacial score (nSPS) is 10.8. The Morgan fingerprint density at radius 1 is 1.38 bits per heavy atom. The lowest BCUT2D eigenvalue weighted by Gasteiger charge is -1.99. The van der Waals surface area contributed by atoms with E-state index in [1.165, 1.54) is 6.26 Å². The van der Waals surface area contributed by atoms with Gasteiger partial charge in [-0.25, -0.2) is 0 Å². The molecule has 0 saturated carbocycles. The van der Waals surface area contributed by atoms with Crippen LogP contribution in [0.25, 0.3) is 11.0 Å². The van der Waals surface area contributed by atoms with E-state index in [2.05, 4.69) is 0 Å². The van der Waals surface area contributed by atoms with Crippen molar-refractivity contribution in [3.63, 3.8) is 0 Å². The Balaban J connectivity index is 2.17. The van der Waals surface area contributed by atoms with Crippen molar-refractivity contribution < 1.29 is 13.9 Å². The van der Waals surface area contributed by atoms with Crippen LogP contribution in [-0.4, -0.2) is 19.0 Å². The van der Waals surface area contributed by atoms with Crippen molar-refractivity contribution in [1.82, 2.24) is 0 Å². The summed E-state index contributed by atoms with van der Waals surface area (Å²) in [4.78, 5) is 11.8. The molecule has 0 aliphatic rings. The zero-order valence-electron chi connectivity index (χ0n) is 9.23. The molecule has 0 aliphatic carbocycles. The van der Waals surface area contributed by atoms with Gasteiger partial charge in [0.25, 0.3) is 0 Å². The van der Waals surface area contributed by atoms with E-state index < -0.39 is 0 Å². The number of ether oxygens (including phenoxy) is 1. The highest BCUT2D eigenvalue weighted by atomic mass is 16.5. The number of Topliss-reactive ketones (excluding diaryl/α,β-unsaturated/α-hetero) is 1. The van der Waals surface area contributed by atoms with Crippen LogP contribution < -0.4 is 0 Å². The van der Waals surface area contributed by atoms with Gasteiger partial charge in [0, 0.05) is 12.0 Å². The lowest BCUT2D eigenvalue weighted by atomic mass is 10.1. The van der Waals surface area contributed by atoms with E-state index in [0.717, 1.165) is 17.4 Å². The molecule has 0 unspecified atom stereocenters. The largest absolute Gasteiger partial charge is 0.464 e. The van der Waals surface area contributed by atoms with Gasteiger partial charge in [0.1, 0.15) is 18.5 Å². The molecule has 84 valence electrons. The van der Waals surface area contributed by atoms with Crippen molar-refractivity contribution >= 4 is 16.8 Å². The van der Waals surface area contributed by atoms with E-state index in [4.69, 9.17) is 9.15 Å². The molecule has 0 atom stereocenters. The van der Waals surface area contributed by atoms with Crippen LogP contribution in [0, 0.1) is 0 Å². The monoisotopic (exact) mass is 218 g/mol. The Morgan fingerprint density at radius 3 is 3.00 bits per heavy atom. The van der Waals surface area contributed by atoms with Crippen LogP contribution in [-0.2, 0) is 4.74 Å². The first-order valence-corrected chi connectivity index (χ1v) is 5.40. The minimum absolute atomic E-state index is 0.0293. The summed E-state index contributed by atoms with van der Waals surface area (Å²) in [6.45, 7) is 2.75. The predicted molar refractivity (Wildman–Crippen MR) is 61.7 cm³/mol. The summed E-state index contributed by atoms with van der Waals surface area (Å²) < 4.78 is 10.5. The van der Waals surface area contributed by atoms with E-state index in [1.54, 1.807) is 0 Å². The van der Waals surface area contributed by atoms with Gasteiger partial charge in [-0.2, -0.15) is 0 Å². The molecule has 1 aromatic carbocycles. The molecule has 1 heterocycles. The summed E-state index contributed by atoms with van der Waals surface area (Å²) in [7, 11) is 0. The first-order chi connectivity index (χ1) is 7.83. The van der Waals surface area contributed by atoms with Gasteiger partial charge in [-0.05, 0) is 12.5 Å². The van der Waals surface area contributed by atoms with Gasteiger partial charge in [0.2, 0.25) is 0 Å². The van der Waals surface area contributed by atoms with E-state index >= 15 is 0 Å². The van der Waals surface area contributed by atoms with Crippen molar-refractivity contribution in [2.45, 2.75) is 13.3 Å². The van der Waals surface area contributed by atoms with Crippen LogP contribution in [0.1, 0.15) is 23.7 Å². The zero-order valence-corrected chi connectivity index (χ0v) is 9.23. The molecule has 0 saturated heterocycles. The van der Waals surface area contributed by atoms with Gasteiger partial charge >= 0.3 is 0 Å². The molecule has 1 aromatic heterocycles. The molecule has 16 heavy (non-hydrogen) atoms. The summed E-state index contributed by atoms with van der Waals surface area (Å²) in [6.07, 6.45) is 2.42. The molecule has 0 radical (unpaired) electrons. The summed E-state index contributed by atoms with van der Waals surface area (Å²) in [6, 6.07) is 7.50. The standard InChI is InChI=1S/C13H14O3/c1-2-7-15-9-12(14)11-8-16-13-6-4-3-5-10(11)13/h3-6,8H,2,7,9H2,1H3. The number of para-hydroxylation sites is 1. The number of benzene rings is 1. The minimum Gasteiger partial charge on any atom is -0.464 e. The molecule has 0 aliphatic heterocycles. The highest BCUT2D eigenvalue weighted by molar-refractivity contribution is 6.07. The van der Waals surface area contributed by atoms with Gasteiger partial charge in [0.15, 0.2) is 5.78 Å². The van der Waals surface area contributed by atoms with Gasteiger partial charge in [0.05, 0.1) is 5.56 Å². The number of carbonyl (C=O) groups excluding carboxylic acids is 1. The number of carbonyl (C=O) groups is 1. The van der Waals surface area contributed by atoms with E-state index in [1.807, 2.05) is 31.2 Å². The molecular formula is C13H14O3. The smallest absolute Gasteiger partial charge is 0.192 e. The van der Waals surface area contributed by atoms with Crippen LogP contribution in [0.15, 0.2) is 34.9 Å². The van der Waals surface area contributed by atoms with E-state index in [-0.39, 0.29) is 12.4 Å². The van der Waals surface area contributed by atoms with Crippen LogP contribution in [0.3, 0.4) is 0 Å². The van der Waals surface area contributed by atoms with E-state index in [0.29, 0.717) is 12.2 Å². The third-order valence-electron chi connectivity index (χ3n) is 2.36. The number of hydrogen-bond acceptors (Lipinski definition) is 3. The van der Waals surface area contributed by atoms with Crippen molar-refractivity contribution in [1.29, 1.82) is 0 Å². The fourth-order valence-electron chi connectivity index (χ4n) is 1.58. The number of fused-ring (bicyclic) bond motifs is 1. The first-order valence-electron chi connectivity index (χ1n) is 5.40. The summed E-state index contributed by atoms with van der Waals surface area (Å²) in [5.41, 5.74) is 1.34. The molecule has 3 nitrogen and oxygen atoms in total. The minimum atomic E-state index is -0.0293. The predicted octanol–water partition coefficient (Wildman–Crippen LogP) is 3.04. The third-order valence-corrected chi connectivity index (χ3v) is 2.36. The summed E-state index contributed by atoms with van der Waals surface area (Å²) in [5.74, 6) is -0.0293. The fourth-order valence-corrected chi connectivity index (χ4v) is 1.58. The second-order valence-corrected chi connectivity index (χ2v) is 3.62. The molecule has 0 N–H and O–H groups in total. The van der Waals surface area contributed by atoms with E-state index in [9.17, 15) is 4.79 Å². The van der Waals surface area contributed by atoms with Gasteiger partial charge < -0.3 is 9.15 Å². The molecular weight excluding hydrogens is 204 g/mol. The number of ketones is 1. The molecule has 3 heteroatoms. The average molecular weight is 218 g/mol. The maximum absolute atomic E-state index is 11.8. The second kappa shape index (κ2) is 4.94. The van der Waals surface area contributed by atoms with Crippen LogP contribution in [0.2, 0.25) is 0 Å². The van der Waals surface area contributed by atoms with Crippen LogP contribution in [0.5, 0.6) is 0 Å². The van der Waals surface area contributed by atoms with Crippen molar-refractivity contribution in [3.8, 4) is 0 Å². The second-order valence-electron chi connectivity index (χ2n) is 3.62. The summed E-state index contributed by atoms with van der Waals surface area (Å²) in [5, 5.41) is 0.854. The highest BCUT2D eigenvalue weighted by Gasteiger charge is 2.12. The molecule has 0 amide bonds. The van der Waals surface area contributed by atoms with Crippen molar-refractivity contribution in [2.75, 3.05) is 13.2 Å². The fraction of sp³-hybridized carbons (Fsp3) is 0.308. The molecule has 0 fully saturated rings. The molecule has 2 aromatic rings. The molecule has 0 spiro atoms. The Labute approximate surface area is 94.0 Å². The average Bonchev–Trinajstić information content (AvgIpc) is 2.73. The first kappa shape index (κ1) is 10.9. The van der Waals surface area contributed by atoms with Gasteiger partial charge in [-0.15, -0.1) is 0 Å². The Morgan fingerprint density at radius 2 is 2.19 bits per heavy atom. The molecule has 2 rings (SSSR count). The highest BCUT2D eigenvalue weighted by Crippen LogP contribution is 2.20. The summed E-state index contributed by atoms with van der Waals surface area (Å²) >= 11 is 0. The zero-order chi connectivity index (χ0) is 11.4. The number of hydrogen-bond donors (Lipinski definition) is 0. The number of rotatable bonds is 5. The number of furan rings is 1. The molecule has 0 bridgehead atoms. The quantitative estimate of drug-likeness (QED) is 0.572. The lowest BCUT2D eigenvalue weighted by molar-refractivity contribution is 0.0762.